The monoisotopic (exact) mass is 341 g/mol. The number of aliphatic hydroxyl groups excluding tert-OH is 1. The highest BCUT2D eigenvalue weighted by Crippen LogP contribution is 2.21. The van der Waals surface area contributed by atoms with Gasteiger partial charge in [0.15, 0.2) is 11.6 Å². The average Bonchev–Trinajstić information content (AvgIpc) is 2.58. The standard InChI is InChI=1S/C17H25F2N3O2/c1-13(14-3-4-15(18)16(19)11-14)20(2)17(24)12-22-7-5-21(6-8-22)9-10-23/h3-4,11,13,23H,5-10,12H2,1-2H3/t13-/m0/s1. The van der Waals surface area contributed by atoms with Crippen LogP contribution in [0.25, 0.3) is 0 Å². The minimum atomic E-state index is -0.903. The van der Waals surface area contributed by atoms with Gasteiger partial charge in [-0.25, -0.2) is 8.78 Å². The molecular weight excluding hydrogens is 316 g/mol. The molecule has 5 nitrogen and oxygen atoms in total. The molecule has 1 aliphatic rings. The van der Waals surface area contributed by atoms with Crippen LogP contribution in [0.3, 0.4) is 0 Å². The Morgan fingerprint density at radius 1 is 1.21 bits per heavy atom. The van der Waals surface area contributed by atoms with Crippen molar-refractivity contribution >= 4 is 5.91 Å². The van der Waals surface area contributed by atoms with Crippen molar-refractivity contribution in [1.29, 1.82) is 0 Å². The highest BCUT2D eigenvalue weighted by Gasteiger charge is 2.23. The van der Waals surface area contributed by atoms with Crippen LogP contribution >= 0.6 is 0 Å². The SMILES string of the molecule is C[C@@H](c1ccc(F)c(F)c1)N(C)C(=O)CN1CCN(CCO)CC1. The summed E-state index contributed by atoms with van der Waals surface area (Å²) in [6.45, 7) is 6.12. The summed E-state index contributed by atoms with van der Waals surface area (Å²) >= 11 is 0. The Bertz CT molecular complexity index is 563. The Balaban J connectivity index is 1.88. The smallest absolute Gasteiger partial charge is 0.236 e. The zero-order valence-corrected chi connectivity index (χ0v) is 14.2. The molecule has 0 bridgehead atoms. The molecule has 0 unspecified atom stereocenters. The van der Waals surface area contributed by atoms with Gasteiger partial charge in [-0.05, 0) is 24.6 Å². The van der Waals surface area contributed by atoms with Crippen LogP contribution < -0.4 is 0 Å². The van der Waals surface area contributed by atoms with E-state index in [4.69, 9.17) is 5.11 Å². The molecule has 1 atom stereocenters. The van der Waals surface area contributed by atoms with Crippen LogP contribution in [-0.4, -0.2) is 78.6 Å². The lowest BCUT2D eigenvalue weighted by atomic mass is 10.1. The fraction of sp³-hybridized carbons (Fsp3) is 0.588. The third-order valence-electron chi connectivity index (χ3n) is 4.64. The van der Waals surface area contributed by atoms with Crippen LogP contribution in [0, 0.1) is 11.6 Å². The van der Waals surface area contributed by atoms with Gasteiger partial charge < -0.3 is 10.0 Å². The first-order valence-corrected chi connectivity index (χ1v) is 8.18. The number of amides is 1. The molecule has 0 aromatic heterocycles. The van der Waals surface area contributed by atoms with E-state index in [9.17, 15) is 13.6 Å². The van der Waals surface area contributed by atoms with Gasteiger partial charge in [-0.3, -0.25) is 14.6 Å². The second-order valence-electron chi connectivity index (χ2n) is 6.20. The summed E-state index contributed by atoms with van der Waals surface area (Å²) in [5.41, 5.74) is 0.567. The third-order valence-corrected chi connectivity index (χ3v) is 4.64. The van der Waals surface area contributed by atoms with Gasteiger partial charge >= 0.3 is 0 Å². The molecule has 1 aliphatic heterocycles. The number of carbonyl (C=O) groups excluding carboxylic acids is 1. The molecule has 1 saturated heterocycles. The van der Waals surface area contributed by atoms with Crippen molar-refractivity contribution in [1.82, 2.24) is 14.7 Å². The lowest BCUT2D eigenvalue weighted by molar-refractivity contribution is -0.133. The normalized spacial score (nSPS) is 17.7. The van der Waals surface area contributed by atoms with E-state index in [0.29, 0.717) is 18.7 Å². The van der Waals surface area contributed by atoms with E-state index in [1.165, 1.54) is 6.07 Å². The number of benzene rings is 1. The molecule has 1 aromatic rings. The molecule has 24 heavy (non-hydrogen) atoms. The Labute approximate surface area is 141 Å². The Hall–Kier alpha value is -1.57. The van der Waals surface area contributed by atoms with Gasteiger partial charge in [0.2, 0.25) is 5.91 Å². The van der Waals surface area contributed by atoms with E-state index in [-0.39, 0.29) is 18.6 Å². The van der Waals surface area contributed by atoms with Crippen LogP contribution in [0.4, 0.5) is 8.78 Å². The topological polar surface area (TPSA) is 47.0 Å². The number of hydrogen-bond acceptors (Lipinski definition) is 4. The quantitative estimate of drug-likeness (QED) is 0.842. The second-order valence-corrected chi connectivity index (χ2v) is 6.20. The molecule has 1 fully saturated rings. The first kappa shape index (κ1) is 18.8. The average molecular weight is 341 g/mol. The number of carbonyl (C=O) groups is 1. The molecule has 1 N–H and O–H groups in total. The largest absolute Gasteiger partial charge is 0.395 e. The van der Waals surface area contributed by atoms with E-state index in [0.717, 1.165) is 38.3 Å². The summed E-state index contributed by atoms with van der Waals surface area (Å²) in [7, 11) is 1.68. The molecule has 0 saturated carbocycles. The van der Waals surface area contributed by atoms with Crippen LogP contribution in [-0.2, 0) is 4.79 Å². The van der Waals surface area contributed by atoms with Crippen molar-refractivity contribution in [3.05, 3.63) is 35.4 Å². The van der Waals surface area contributed by atoms with Crippen LogP contribution in [0.1, 0.15) is 18.5 Å². The highest BCUT2D eigenvalue weighted by molar-refractivity contribution is 5.78. The number of β-amino-alcohol motifs (C(OH)–C–C–N with tert-alkyl or cyclic N) is 1. The van der Waals surface area contributed by atoms with E-state index in [2.05, 4.69) is 9.80 Å². The fourth-order valence-electron chi connectivity index (χ4n) is 2.83. The maximum absolute atomic E-state index is 13.4. The van der Waals surface area contributed by atoms with E-state index in [1.807, 2.05) is 0 Å². The number of hydrogen-bond donors (Lipinski definition) is 1. The number of likely N-dealkylation sites (N-methyl/N-ethyl adjacent to an activating group) is 1. The number of rotatable bonds is 6. The van der Waals surface area contributed by atoms with Crippen LogP contribution in [0.5, 0.6) is 0 Å². The lowest BCUT2D eigenvalue weighted by Gasteiger charge is -2.35. The zero-order chi connectivity index (χ0) is 17.7. The molecule has 2 rings (SSSR count). The van der Waals surface area contributed by atoms with E-state index < -0.39 is 11.6 Å². The van der Waals surface area contributed by atoms with E-state index >= 15 is 0 Å². The minimum absolute atomic E-state index is 0.0529. The second kappa shape index (κ2) is 8.50. The summed E-state index contributed by atoms with van der Waals surface area (Å²) < 4.78 is 26.4. The maximum Gasteiger partial charge on any atom is 0.236 e. The molecular formula is C17H25F2N3O2. The van der Waals surface area contributed by atoms with Gasteiger partial charge in [0, 0.05) is 39.8 Å². The number of nitrogens with zero attached hydrogens (tertiary/aromatic N) is 3. The van der Waals surface area contributed by atoms with Crippen molar-refractivity contribution in [2.75, 3.05) is 52.9 Å². The summed E-state index contributed by atoms with van der Waals surface area (Å²) in [4.78, 5) is 18.2. The summed E-state index contributed by atoms with van der Waals surface area (Å²) in [5.74, 6) is -1.84. The van der Waals surface area contributed by atoms with Crippen molar-refractivity contribution in [3.63, 3.8) is 0 Å². The van der Waals surface area contributed by atoms with Gasteiger partial charge in [0.1, 0.15) is 0 Å². The van der Waals surface area contributed by atoms with Crippen molar-refractivity contribution < 1.29 is 18.7 Å². The molecule has 1 aromatic carbocycles. The Kier molecular flexibility index (Phi) is 6.65. The predicted octanol–water partition coefficient (Wildman–Crippen LogP) is 1.09. The van der Waals surface area contributed by atoms with Crippen molar-refractivity contribution in [3.8, 4) is 0 Å². The lowest BCUT2D eigenvalue weighted by Crippen LogP contribution is -2.50. The molecule has 1 amide bonds. The van der Waals surface area contributed by atoms with Crippen molar-refractivity contribution in [2.24, 2.45) is 0 Å². The number of halogens is 2. The summed E-state index contributed by atoms with van der Waals surface area (Å²) in [5, 5.41) is 8.94. The first-order valence-electron chi connectivity index (χ1n) is 8.18. The minimum Gasteiger partial charge on any atom is -0.395 e. The fourth-order valence-corrected chi connectivity index (χ4v) is 2.83. The summed E-state index contributed by atoms with van der Waals surface area (Å²) in [6.07, 6.45) is 0. The van der Waals surface area contributed by atoms with Crippen LogP contribution in [0.15, 0.2) is 18.2 Å². The third kappa shape index (κ3) is 4.72. The van der Waals surface area contributed by atoms with Crippen molar-refractivity contribution in [2.45, 2.75) is 13.0 Å². The Morgan fingerprint density at radius 2 is 1.83 bits per heavy atom. The van der Waals surface area contributed by atoms with Gasteiger partial charge in [0.25, 0.3) is 0 Å². The molecule has 0 radical (unpaired) electrons. The molecule has 0 aliphatic carbocycles. The first-order chi connectivity index (χ1) is 11.4. The van der Waals surface area contributed by atoms with Crippen LogP contribution in [0.2, 0.25) is 0 Å². The van der Waals surface area contributed by atoms with E-state index in [1.54, 1.807) is 18.9 Å². The predicted molar refractivity (Wildman–Crippen MR) is 87.5 cm³/mol. The molecule has 134 valence electrons. The van der Waals surface area contributed by atoms with Gasteiger partial charge in [-0.1, -0.05) is 6.07 Å². The Morgan fingerprint density at radius 3 is 2.42 bits per heavy atom. The maximum atomic E-state index is 13.4. The molecule has 0 spiro atoms. The van der Waals surface area contributed by atoms with Gasteiger partial charge in [-0.2, -0.15) is 0 Å². The molecule has 1 heterocycles. The zero-order valence-electron chi connectivity index (χ0n) is 14.2. The van der Waals surface area contributed by atoms with Gasteiger partial charge in [-0.15, -0.1) is 0 Å². The van der Waals surface area contributed by atoms with Gasteiger partial charge in [0.05, 0.1) is 19.2 Å². The molecule has 7 heteroatoms. The number of aliphatic hydroxyl groups is 1. The summed E-state index contributed by atoms with van der Waals surface area (Å²) in [6, 6.07) is 3.39. The highest BCUT2D eigenvalue weighted by atomic mass is 19.2. The number of piperazine rings is 1.